The number of hydrogen-bond acceptors (Lipinski definition) is 3. The zero-order chi connectivity index (χ0) is 14.9. The summed E-state index contributed by atoms with van der Waals surface area (Å²) in [6.45, 7) is 3.99. The maximum atomic E-state index is 12.3. The molecule has 0 fully saturated rings. The van der Waals surface area contributed by atoms with Gasteiger partial charge in [0.25, 0.3) is 10.0 Å². The second kappa shape index (κ2) is 5.87. The van der Waals surface area contributed by atoms with Gasteiger partial charge >= 0.3 is 0 Å². The maximum Gasteiger partial charge on any atom is 0.264 e. The number of rotatable bonds is 4. The third-order valence-corrected chi connectivity index (χ3v) is 5.48. The molecule has 2 aromatic rings. The van der Waals surface area contributed by atoms with Gasteiger partial charge in [0.1, 0.15) is 4.90 Å². The molecule has 1 heterocycles. The van der Waals surface area contributed by atoms with Crippen LogP contribution in [0.4, 0.5) is 5.82 Å². The number of sulfonamides is 1. The summed E-state index contributed by atoms with van der Waals surface area (Å²) in [6.07, 6.45) is 0. The van der Waals surface area contributed by atoms with Crippen LogP contribution in [0.25, 0.3) is 0 Å². The number of hydrogen-bond donors (Lipinski definition) is 2. The molecule has 2 rings (SSSR count). The standard InChI is InChI=1S/C12H13Br2N3O2S/c1-7(2)10-6-12(16-15-10)17-20(18,19)11-5-8(13)3-4-9(11)14/h3-7H,1-2H3,(H2,15,16,17). The molecule has 108 valence electrons. The third-order valence-electron chi connectivity index (χ3n) is 2.64. The minimum Gasteiger partial charge on any atom is -0.280 e. The Balaban J connectivity index is 2.33. The zero-order valence-electron chi connectivity index (χ0n) is 10.8. The summed E-state index contributed by atoms with van der Waals surface area (Å²) in [5.41, 5.74) is 0.871. The second-order valence-corrected chi connectivity index (χ2v) is 7.96. The Morgan fingerprint density at radius 3 is 2.55 bits per heavy atom. The molecule has 0 aliphatic carbocycles. The van der Waals surface area contributed by atoms with E-state index in [0.29, 0.717) is 8.95 Å². The first kappa shape index (κ1) is 15.5. The fraction of sp³-hybridized carbons (Fsp3) is 0.250. The van der Waals surface area contributed by atoms with Gasteiger partial charge in [0, 0.05) is 20.7 Å². The molecular weight excluding hydrogens is 410 g/mol. The van der Waals surface area contributed by atoms with Gasteiger partial charge in [-0.1, -0.05) is 29.8 Å². The molecule has 2 N–H and O–H groups in total. The average molecular weight is 423 g/mol. The molecule has 0 saturated carbocycles. The smallest absolute Gasteiger partial charge is 0.264 e. The lowest BCUT2D eigenvalue weighted by molar-refractivity contribution is 0.600. The van der Waals surface area contributed by atoms with Gasteiger partial charge in [0.05, 0.1) is 0 Å². The number of benzene rings is 1. The summed E-state index contributed by atoms with van der Waals surface area (Å²) in [4.78, 5) is 0.154. The molecule has 0 aliphatic rings. The van der Waals surface area contributed by atoms with Gasteiger partial charge in [0.2, 0.25) is 0 Å². The first-order valence-electron chi connectivity index (χ1n) is 5.83. The number of nitrogens with zero attached hydrogens (tertiary/aromatic N) is 1. The molecule has 0 spiro atoms. The van der Waals surface area contributed by atoms with Crippen molar-refractivity contribution in [1.29, 1.82) is 0 Å². The SMILES string of the molecule is CC(C)c1cc(NS(=O)(=O)c2cc(Br)ccc2Br)n[nH]1. The highest BCUT2D eigenvalue weighted by molar-refractivity contribution is 9.11. The first-order chi connectivity index (χ1) is 9.29. The molecule has 0 unspecified atom stereocenters. The fourth-order valence-corrected chi connectivity index (χ4v) is 4.06. The Morgan fingerprint density at radius 2 is 1.95 bits per heavy atom. The quantitative estimate of drug-likeness (QED) is 0.785. The molecule has 0 radical (unpaired) electrons. The molecule has 1 aromatic carbocycles. The van der Waals surface area contributed by atoms with E-state index in [4.69, 9.17) is 0 Å². The highest BCUT2D eigenvalue weighted by Crippen LogP contribution is 2.27. The molecule has 0 aliphatic heterocycles. The molecule has 5 nitrogen and oxygen atoms in total. The Kier molecular flexibility index (Phi) is 4.55. The molecule has 0 saturated heterocycles. The lowest BCUT2D eigenvalue weighted by Crippen LogP contribution is -2.13. The van der Waals surface area contributed by atoms with Gasteiger partial charge in [-0.3, -0.25) is 9.82 Å². The number of nitrogens with one attached hydrogen (secondary N) is 2. The van der Waals surface area contributed by atoms with Crippen LogP contribution in [-0.4, -0.2) is 18.6 Å². The van der Waals surface area contributed by atoms with E-state index in [0.717, 1.165) is 5.69 Å². The van der Waals surface area contributed by atoms with E-state index >= 15 is 0 Å². The minimum atomic E-state index is -3.69. The predicted octanol–water partition coefficient (Wildman–Crippen LogP) is 3.86. The fourth-order valence-electron chi connectivity index (χ4n) is 1.56. The van der Waals surface area contributed by atoms with Crippen LogP contribution in [0.15, 0.2) is 38.1 Å². The van der Waals surface area contributed by atoms with E-state index in [9.17, 15) is 8.42 Å². The van der Waals surface area contributed by atoms with E-state index < -0.39 is 10.0 Å². The van der Waals surface area contributed by atoms with Crippen LogP contribution in [0, 0.1) is 0 Å². The Morgan fingerprint density at radius 1 is 1.25 bits per heavy atom. The summed E-state index contributed by atoms with van der Waals surface area (Å²) < 4.78 is 28.3. The Hall–Kier alpha value is -0.860. The highest BCUT2D eigenvalue weighted by atomic mass is 79.9. The first-order valence-corrected chi connectivity index (χ1v) is 8.89. The van der Waals surface area contributed by atoms with Crippen LogP contribution in [0.5, 0.6) is 0 Å². The maximum absolute atomic E-state index is 12.3. The second-order valence-electron chi connectivity index (χ2n) is 4.54. The molecule has 0 amide bonds. The molecule has 0 atom stereocenters. The molecule has 1 aromatic heterocycles. The average Bonchev–Trinajstić information content (AvgIpc) is 2.80. The normalized spacial score (nSPS) is 11.8. The summed E-state index contributed by atoms with van der Waals surface area (Å²) in [5.74, 6) is 0.527. The van der Waals surface area contributed by atoms with Crippen LogP contribution in [-0.2, 0) is 10.0 Å². The van der Waals surface area contributed by atoms with Gasteiger partial charge in [-0.25, -0.2) is 8.42 Å². The van der Waals surface area contributed by atoms with Crippen molar-refractivity contribution in [3.05, 3.63) is 38.9 Å². The van der Waals surface area contributed by atoms with Crippen LogP contribution in [0.1, 0.15) is 25.5 Å². The largest absolute Gasteiger partial charge is 0.280 e. The number of aromatic amines is 1. The number of H-pyrrole nitrogens is 1. The Labute approximate surface area is 134 Å². The molecule has 8 heteroatoms. The van der Waals surface area contributed by atoms with Crippen molar-refractivity contribution in [2.24, 2.45) is 0 Å². The monoisotopic (exact) mass is 421 g/mol. The van der Waals surface area contributed by atoms with Crippen molar-refractivity contribution in [2.75, 3.05) is 4.72 Å². The van der Waals surface area contributed by atoms with Gasteiger partial charge in [-0.2, -0.15) is 5.10 Å². The molecule has 20 heavy (non-hydrogen) atoms. The number of aromatic nitrogens is 2. The van der Waals surface area contributed by atoms with E-state index in [-0.39, 0.29) is 16.6 Å². The lowest BCUT2D eigenvalue weighted by atomic mass is 10.1. The summed E-state index contributed by atoms with van der Waals surface area (Å²) >= 11 is 6.50. The van der Waals surface area contributed by atoms with Gasteiger partial charge < -0.3 is 0 Å². The van der Waals surface area contributed by atoms with Gasteiger partial charge in [-0.05, 0) is 40.0 Å². The number of anilines is 1. The predicted molar refractivity (Wildman–Crippen MR) is 85.3 cm³/mol. The van der Waals surface area contributed by atoms with Crippen molar-refractivity contribution in [3.63, 3.8) is 0 Å². The molecular formula is C12H13Br2N3O2S. The summed E-state index contributed by atoms with van der Waals surface area (Å²) in [6, 6.07) is 6.65. The molecule has 0 bridgehead atoms. The van der Waals surface area contributed by atoms with Gasteiger partial charge in [0.15, 0.2) is 5.82 Å². The van der Waals surface area contributed by atoms with Crippen molar-refractivity contribution in [1.82, 2.24) is 10.2 Å². The third kappa shape index (κ3) is 3.42. The van der Waals surface area contributed by atoms with E-state index in [1.807, 2.05) is 13.8 Å². The summed E-state index contributed by atoms with van der Waals surface area (Å²) in [5, 5.41) is 6.77. The van der Waals surface area contributed by atoms with Crippen molar-refractivity contribution in [2.45, 2.75) is 24.7 Å². The van der Waals surface area contributed by atoms with Crippen molar-refractivity contribution in [3.8, 4) is 0 Å². The topological polar surface area (TPSA) is 74.8 Å². The highest BCUT2D eigenvalue weighted by Gasteiger charge is 2.19. The van der Waals surface area contributed by atoms with Crippen molar-refractivity contribution >= 4 is 47.7 Å². The van der Waals surface area contributed by atoms with Gasteiger partial charge in [-0.15, -0.1) is 0 Å². The van der Waals surface area contributed by atoms with E-state index in [2.05, 4.69) is 46.8 Å². The minimum absolute atomic E-state index is 0.154. The Bertz CT molecular complexity index is 726. The van der Waals surface area contributed by atoms with Crippen LogP contribution >= 0.6 is 31.9 Å². The zero-order valence-corrected chi connectivity index (χ0v) is 14.8. The summed E-state index contributed by atoms with van der Waals surface area (Å²) in [7, 11) is -3.69. The van der Waals surface area contributed by atoms with Crippen LogP contribution < -0.4 is 4.72 Å². The number of halogens is 2. The van der Waals surface area contributed by atoms with Crippen molar-refractivity contribution < 1.29 is 8.42 Å². The lowest BCUT2D eigenvalue weighted by Gasteiger charge is -2.07. The van der Waals surface area contributed by atoms with Crippen LogP contribution in [0.3, 0.4) is 0 Å². The van der Waals surface area contributed by atoms with E-state index in [1.165, 1.54) is 6.07 Å². The van der Waals surface area contributed by atoms with E-state index in [1.54, 1.807) is 18.2 Å². The van der Waals surface area contributed by atoms with Crippen LogP contribution in [0.2, 0.25) is 0 Å².